The summed E-state index contributed by atoms with van der Waals surface area (Å²) in [7, 11) is 1.88. The van der Waals surface area contributed by atoms with Gasteiger partial charge in [0, 0.05) is 35.8 Å². The summed E-state index contributed by atoms with van der Waals surface area (Å²) in [6.07, 6.45) is 0.164. The Morgan fingerprint density at radius 2 is 1.74 bits per heavy atom. The Balaban J connectivity index is 1.24. The minimum Gasteiger partial charge on any atom is -0.382 e. The number of fused-ring (bicyclic) bond motifs is 2. The molecule has 0 unspecified atom stereocenters. The second kappa shape index (κ2) is 8.62. The molecule has 2 N–H and O–H groups in total. The number of rotatable bonds is 4. The van der Waals surface area contributed by atoms with E-state index >= 15 is 0 Å². The number of nitrogens with zero attached hydrogens (tertiary/aromatic N) is 3. The van der Waals surface area contributed by atoms with Gasteiger partial charge in [-0.05, 0) is 56.0 Å². The van der Waals surface area contributed by atoms with E-state index in [9.17, 15) is 18.0 Å². The van der Waals surface area contributed by atoms with Crippen LogP contribution >= 0.6 is 0 Å². The number of pyridine rings is 1. The topological polar surface area (TPSA) is 71.8 Å². The third-order valence-corrected chi connectivity index (χ3v) is 6.42. The lowest BCUT2D eigenvalue weighted by Crippen LogP contribution is -2.40. The van der Waals surface area contributed by atoms with Gasteiger partial charge in [0.15, 0.2) is 0 Å². The Hall–Kier alpha value is -3.62. The molecule has 2 aromatic carbocycles. The lowest BCUT2D eigenvalue weighted by atomic mass is 9.90. The van der Waals surface area contributed by atoms with E-state index in [2.05, 4.69) is 20.6 Å². The molecule has 9 heteroatoms. The molecule has 4 aromatic rings. The summed E-state index contributed by atoms with van der Waals surface area (Å²) >= 11 is 0. The summed E-state index contributed by atoms with van der Waals surface area (Å²) in [5, 5.41) is 7.07. The van der Waals surface area contributed by atoms with Gasteiger partial charge < -0.3 is 15.2 Å². The van der Waals surface area contributed by atoms with Crippen LogP contribution in [0.1, 0.15) is 41.7 Å². The number of hydrogen-bond donors (Lipinski definition) is 2. The smallest absolute Gasteiger partial charge is 0.382 e. The van der Waals surface area contributed by atoms with Crippen LogP contribution < -0.4 is 10.6 Å². The van der Waals surface area contributed by atoms with Gasteiger partial charge in [-0.3, -0.25) is 4.79 Å². The molecule has 1 fully saturated rings. The number of alkyl halides is 3. The Labute approximate surface area is 194 Å². The van der Waals surface area contributed by atoms with Crippen molar-refractivity contribution in [2.45, 2.75) is 43.9 Å². The molecule has 1 amide bonds. The second-order valence-electron chi connectivity index (χ2n) is 8.80. The first kappa shape index (κ1) is 22.2. The number of aryl methyl sites for hydroxylation is 1. The minimum atomic E-state index is -4.51. The number of amides is 1. The van der Waals surface area contributed by atoms with E-state index in [-0.39, 0.29) is 18.0 Å². The van der Waals surface area contributed by atoms with Crippen LogP contribution in [0.5, 0.6) is 0 Å². The Kier molecular flexibility index (Phi) is 5.63. The van der Waals surface area contributed by atoms with Crippen LogP contribution in [0.4, 0.5) is 18.9 Å². The quantitative estimate of drug-likeness (QED) is 0.428. The fourth-order valence-electron chi connectivity index (χ4n) is 4.58. The van der Waals surface area contributed by atoms with Crippen LogP contribution in [0.3, 0.4) is 0 Å². The SMILES string of the molecule is Cn1cnc2ccc(C(=O)N[C@H]3CC[C@@H](Nc4cc(C(F)(F)F)nc5ccccc45)CC3)cc21. The van der Waals surface area contributed by atoms with Crippen LogP contribution in [0.15, 0.2) is 54.9 Å². The van der Waals surface area contributed by atoms with Crippen LogP contribution in [0, 0.1) is 0 Å². The van der Waals surface area contributed by atoms with Gasteiger partial charge in [0.1, 0.15) is 5.69 Å². The van der Waals surface area contributed by atoms with Crippen LogP contribution in [-0.4, -0.2) is 32.5 Å². The van der Waals surface area contributed by atoms with Crippen molar-refractivity contribution in [3.8, 4) is 0 Å². The first-order valence-corrected chi connectivity index (χ1v) is 11.2. The number of aromatic nitrogens is 3. The first-order valence-electron chi connectivity index (χ1n) is 11.2. The van der Waals surface area contributed by atoms with E-state index in [0.29, 0.717) is 22.2 Å². The molecule has 5 rings (SSSR count). The van der Waals surface area contributed by atoms with Gasteiger partial charge in [0.05, 0.1) is 22.9 Å². The molecule has 0 radical (unpaired) electrons. The molecule has 1 saturated carbocycles. The van der Waals surface area contributed by atoms with Gasteiger partial charge in [-0.25, -0.2) is 9.97 Å². The molecule has 0 saturated heterocycles. The zero-order valence-electron chi connectivity index (χ0n) is 18.6. The van der Waals surface area contributed by atoms with Crippen molar-refractivity contribution in [2.75, 3.05) is 5.32 Å². The molecule has 2 heterocycles. The van der Waals surface area contributed by atoms with Crippen LogP contribution in [0.25, 0.3) is 21.9 Å². The van der Waals surface area contributed by atoms with E-state index in [0.717, 1.165) is 42.8 Å². The molecule has 1 aliphatic carbocycles. The molecule has 0 spiro atoms. The predicted molar refractivity (Wildman–Crippen MR) is 125 cm³/mol. The number of para-hydroxylation sites is 1. The molecule has 2 aromatic heterocycles. The van der Waals surface area contributed by atoms with Gasteiger partial charge in [-0.2, -0.15) is 13.2 Å². The fourth-order valence-corrected chi connectivity index (χ4v) is 4.58. The van der Waals surface area contributed by atoms with Crippen molar-refractivity contribution in [1.29, 1.82) is 0 Å². The van der Waals surface area contributed by atoms with Gasteiger partial charge in [-0.15, -0.1) is 0 Å². The van der Waals surface area contributed by atoms with E-state index in [1.807, 2.05) is 23.7 Å². The average molecular weight is 467 g/mol. The Bertz CT molecular complexity index is 1360. The second-order valence-corrected chi connectivity index (χ2v) is 8.80. The average Bonchev–Trinajstić information content (AvgIpc) is 3.19. The van der Waals surface area contributed by atoms with Gasteiger partial charge in [0.2, 0.25) is 0 Å². The van der Waals surface area contributed by atoms with Crippen LogP contribution in [0.2, 0.25) is 0 Å². The summed E-state index contributed by atoms with van der Waals surface area (Å²) in [6.45, 7) is 0. The Morgan fingerprint density at radius 3 is 2.50 bits per heavy atom. The highest BCUT2D eigenvalue weighted by molar-refractivity contribution is 5.97. The maximum absolute atomic E-state index is 13.3. The number of imidazole rings is 1. The highest BCUT2D eigenvalue weighted by Gasteiger charge is 2.34. The van der Waals surface area contributed by atoms with Crippen molar-refractivity contribution in [2.24, 2.45) is 7.05 Å². The summed E-state index contributed by atoms with van der Waals surface area (Å²) in [5.74, 6) is -0.130. The van der Waals surface area contributed by atoms with E-state index in [1.54, 1.807) is 36.7 Å². The lowest BCUT2D eigenvalue weighted by Gasteiger charge is -2.30. The number of hydrogen-bond acceptors (Lipinski definition) is 4. The number of carbonyl (C=O) groups is 1. The highest BCUT2D eigenvalue weighted by Crippen LogP contribution is 2.34. The first-order chi connectivity index (χ1) is 16.3. The molecule has 6 nitrogen and oxygen atoms in total. The molecular formula is C25H24F3N5O. The zero-order chi connectivity index (χ0) is 23.9. The normalized spacial score (nSPS) is 18.8. The number of halogens is 3. The van der Waals surface area contributed by atoms with Gasteiger partial charge in [-0.1, -0.05) is 18.2 Å². The predicted octanol–water partition coefficient (Wildman–Crippen LogP) is 5.29. The monoisotopic (exact) mass is 467 g/mol. The fraction of sp³-hybridized carbons (Fsp3) is 0.320. The molecule has 0 atom stereocenters. The van der Waals surface area contributed by atoms with E-state index in [4.69, 9.17) is 0 Å². The standard InChI is InChI=1S/C25H24F3N5O/c1-33-14-29-20-11-6-15(12-22(20)33)24(34)31-17-9-7-16(8-10-17)30-21-13-23(25(26,27)28)32-19-5-3-2-4-18(19)21/h2-6,11-14,16-17H,7-10H2,1H3,(H,30,32)(H,31,34)/t16-,17+. The number of carbonyl (C=O) groups excluding carboxylic acids is 1. The third kappa shape index (κ3) is 4.42. The maximum atomic E-state index is 13.3. The zero-order valence-corrected chi connectivity index (χ0v) is 18.6. The van der Waals surface area contributed by atoms with Gasteiger partial charge >= 0.3 is 6.18 Å². The minimum absolute atomic E-state index is 0.0193. The summed E-state index contributed by atoms with van der Waals surface area (Å²) < 4.78 is 41.9. The maximum Gasteiger partial charge on any atom is 0.433 e. The third-order valence-electron chi connectivity index (χ3n) is 6.42. The molecule has 34 heavy (non-hydrogen) atoms. The Morgan fingerprint density at radius 1 is 1.00 bits per heavy atom. The molecule has 1 aliphatic rings. The van der Waals surface area contributed by atoms with Crippen molar-refractivity contribution < 1.29 is 18.0 Å². The summed E-state index contributed by atoms with van der Waals surface area (Å²) in [6, 6.07) is 13.4. The number of benzene rings is 2. The highest BCUT2D eigenvalue weighted by atomic mass is 19.4. The van der Waals surface area contributed by atoms with Crippen molar-refractivity contribution in [1.82, 2.24) is 19.9 Å². The number of anilines is 1. The van der Waals surface area contributed by atoms with Crippen molar-refractivity contribution in [3.05, 3.63) is 66.1 Å². The lowest BCUT2D eigenvalue weighted by molar-refractivity contribution is -0.140. The van der Waals surface area contributed by atoms with E-state index < -0.39 is 11.9 Å². The summed E-state index contributed by atoms with van der Waals surface area (Å²) in [5.41, 5.74) is 2.16. The molecule has 176 valence electrons. The van der Waals surface area contributed by atoms with Gasteiger partial charge in [0.25, 0.3) is 5.91 Å². The van der Waals surface area contributed by atoms with Crippen molar-refractivity contribution in [3.63, 3.8) is 0 Å². The molecule has 0 aliphatic heterocycles. The van der Waals surface area contributed by atoms with Crippen LogP contribution in [-0.2, 0) is 13.2 Å². The largest absolute Gasteiger partial charge is 0.433 e. The van der Waals surface area contributed by atoms with Crippen molar-refractivity contribution >= 4 is 33.5 Å². The molecular weight excluding hydrogens is 443 g/mol. The van der Waals surface area contributed by atoms with E-state index in [1.165, 1.54) is 0 Å². The molecule has 0 bridgehead atoms. The summed E-state index contributed by atoms with van der Waals surface area (Å²) in [4.78, 5) is 20.8. The number of nitrogens with one attached hydrogen (secondary N) is 2.